The number of likely N-dealkylation sites (tertiary alicyclic amines) is 1. The number of carbonyl (C=O) groups is 3. The number of likely N-dealkylation sites (N-methyl/N-ethyl adjacent to an activating group) is 1. The van der Waals surface area contributed by atoms with Gasteiger partial charge >= 0.3 is 0 Å². The molecule has 11 nitrogen and oxygen atoms in total. The summed E-state index contributed by atoms with van der Waals surface area (Å²) in [6, 6.07) is 4.76. The second-order valence-corrected chi connectivity index (χ2v) is 10.8. The van der Waals surface area contributed by atoms with Gasteiger partial charge in [0.15, 0.2) is 11.5 Å². The minimum atomic E-state index is -0.693. The number of hydrogen-bond donors (Lipinski definition) is 2. The van der Waals surface area contributed by atoms with E-state index in [9.17, 15) is 14.4 Å². The Morgan fingerprint density at radius 2 is 1.98 bits per heavy atom. The molecule has 2 bridgehead atoms. The van der Waals surface area contributed by atoms with Gasteiger partial charge in [0.2, 0.25) is 17.7 Å². The van der Waals surface area contributed by atoms with Gasteiger partial charge in [-0.25, -0.2) is 4.98 Å². The summed E-state index contributed by atoms with van der Waals surface area (Å²) in [5.41, 5.74) is 0.887. The van der Waals surface area contributed by atoms with E-state index in [2.05, 4.69) is 15.6 Å². The standard InChI is InChI=1S/C29H42N6O5/c1-20(2)26-28(37)31-11-6-14-34-16-12-30-27(34)21-9-10-23(39-4)24(18-21)40-17-7-15-35(19-25(36)32-26)29(38)22-8-5-13-33(22)3/h9-10,12,16,18,20,22,26H,5-8,11,13-15,17,19H2,1-4H3,(H,31,37)(H,32,36)/t22-,26+/m0/s1. The number of aryl methyl sites for hydroxylation is 1. The molecule has 1 fully saturated rings. The van der Waals surface area contributed by atoms with Gasteiger partial charge < -0.3 is 29.6 Å². The minimum Gasteiger partial charge on any atom is -0.493 e. The molecule has 3 amide bonds. The van der Waals surface area contributed by atoms with Crippen molar-refractivity contribution in [2.45, 2.75) is 58.2 Å². The molecule has 1 aromatic carbocycles. The number of nitrogens with one attached hydrogen (secondary N) is 2. The van der Waals surface area contributed by atoms with Gasteiger partial charge in [0.25, 0.3) is 0 Å². The number of amides is 3. The lowest BCUT2D eigenvalue weighted by Gasteiger charge is -2.29. The number of imidazole rings is 1. The fourth-order valence-corrected chi connectivity index (χ4v) is 5.31. The number of nitrogens with zero attached hydrogens (tertiary/aromatic N) is 4. The molecule has 40 heavy (non-hydrogen) atoms. The molecular formula is C29H42N6O5. The van der Waals surface area contributed by atoms with Gasteiger partial charge in [-0.05, 0) is 63.4 Å². The van der Waals surface area contributed by atoms with Crippen LogP contribution in [-0.2, 0) is 20.9 Å². The molecule has 2 atom stereocenters. The van der Waals surface area contributed by atoms with Crippen molar-refractivity contribution in [3.63, 3.8) is 0 Å². The molecule has 218 valence electrons. The second-order valence-electron chi connectivity index (χ2n) is 10.8. The minimum absolute atomic E-state index is 0.0713. The van der Waals surface area contributed by atoms with Gasteiger partial charge in [-0.2, -0.15) is 0 Å². The Bertz CT molecular complexity index is 1180. The van der Waals surface area contributed by atoms with Gasteiger partial charge in [0, 0.05) is 37.6 Å². The maximum Gasteiger partial charge on any atom is 0.242 e. The monoisotopic (exact) mass is 554 g/mol. The molecule has 2 aliphatic heterocycles. The molecule has 0 unspecified atom stereocenters. The van der Waals surface area contributed by atoms with Crippen molar-refractivity contribution < 1.29 is 23.9 Å². The van der Waals surface area contributed by atoms with E-state index in [1.807, 2.05) is 54.8 Å². The van der Waals surface area contributed by atoms with Crippen molar-refractivity contribution in [1.29, 1.82) is 0 Å². The SMILES string of the molecule is COc1ccc2cc1OCCCN(C(=O)[C@@H]1CCCN1C)CC(=O)N[C@H](C(C)C)C(=O)NCCCn1ccnc1-2. The van der Waals surface area contributed by atoms with Crippen LogP contribution in [0, 0.1) is 5.92 Å². The summed E-state index contributed by atoms with van der Waals surface area (Å²) in [6.45, 7) is 6.32. The predicted molar refractivity (Wildman–Crippen MR) is 151 cm³/mol. The third kappa shape index (κ3) is 7.12. The largest absolute Gasteiger partial charge is 0.493 e. The molecule has 0 aliphatic carbocycles. The van der Waals surface area contributed by atoms with Crippen molar-refractivity contribution in [3.05, 3.63) is 30.6 Å². The first-order chi connectivity index (χ1) is 19.3. The zero-order chi connectivity index (χ0) is 28.6. The Morgan fingerprint density at radius 3 is 2.70 bits per heavy atom. The number of methoxy groups -OCH3 is 1. The molecule has 0 spiro atoms. The van der Waals surface area contributed by atoms with E-state index in [1.165, 1.54) is 0 Å². The lowest BCUT2D eigenvalue weighted by atomic mass is 10.0. The third-order valence-corrected chi connectivity index (χ3v) is 7.56. The van der Waals surface area contributed by atoms with Crippen molar-refractivity contribution in [2.75, 3.05) is 46.9 Å². The van der Waals surface area contributed by atoms with E-state index in [4.69, 9.17) is 9.47 Å². The molecule has 4 rings (SSSR count). The average Bonchev–Trinajstić information content (AvgIpc) is 3.59. The molecule has 2 aromatic rings. The Balaban J connectivity index is 1.58. The van der Waals surface area contributed by atoms with E-state index in [0.717, 1.165) is 30.8 Å². The Labute approximate surface area is 236 Å². The first-order valence-corrected chi connectivity index (χ1v) is 14.2. The molecule has 1 aromatic heterocycles. The molecule has 2 N–H and O–H groups in total. The highest BCUT2D eigenvalue weighted by Gasteiger charge is 2.33. The summed E-state index contributed by atoms with van der Waals surface area (Å²) in [4.78, 5) is 47.8. The van der Waals surface area contributed by atoms with E-state index < -0.39 is 6.04 Å². The van der Waals surface area contributed by atoms with Gasteiger partial charge in [-0.3, -0.25) is 19.3 Å². The number of fused-ring (bicyclic) bond motifs is 4. The highest BCUT2D eigenvalue weighted by Crippen LogP contribution is 2.32. The first-order valence-electron chi connectivity index (χ1n) is 14.2. The van der Waals surface area contributed by atoms with Gasteiger partial charge in [-0.15, -0.1) is 0 Å². The predicted octanol–water partition coefficient (Wildman–Crippen LogP) is 1.91. The normalized spacial score (nSPS) is 21.9. The summed E-state index contributed by atoms with van der Waals surface area (Å²) >= 11 is 0. The fraction of sp³-hybridized carbons (Fsp3) is 0.586. The summed E-state index contributed by atoms with van der Waals surface area (Å²) in [6.07, 6.45) is 6.58. The first kappa shape index (κ1) is 29.4. The molecular weight excluding hydrogens is 512 g/mol. The maximum absolute atomic E-state index is 13.5. The maximum atomic E-state index is 13.5. The van der Waals surface area contributed by atoms with Crippen molar-refractivity contribution in [3.8, 4) is 22.9 Å². The Hall–Kier alpha value is -3.60. The average molecular weight is 555 g/mol. The second kappa shape index (κ2) is 13.6. The number of rotatable bonds is 3. The van der Waals surface area contributed by atoms with E-state index in [1.54, 1.807) is 18.2 Å². The lowest BCUT2D eigenvalue weighted by Crippen LogP contribution is -2.54. The zero-order valence-electron chi connectivity index (χ0n) is 24.0. The van der Waals surface area contributed by atoms with Crippen molar-refractivity contribution in [1.82, 2.24) is 30.0 Å². The quantitative estimate of drug-likeness (QED) is 0.595. The molecule has 0 saturated carbocycles. The lowest BCUT2D eigenvalue weighted by molar-refractivity contribution is -0.140. The van der Waals surface area contributed by atoms with Gasteiger partial charge in [-0.1, -0.05) is 13.8 Å². The van der Waals surface area contributed by atoms with Crippen LogP contribution in [0.2, 0.25) is 0 Å². The van der Waals surface area contributed by atoms with Gasteiger partial charge in [0.1, 0.15) is 11.9 Å². The van der Waals surface area contributed by atoms with Crippen LogP contribution in [0.1, 0.15) is 39.5 Å². The molecule has 1 saturated heterocycles. The zero-order valence-corrected chi connectivity index (χ0v) is 24.0. The van der Waals surface area contributed by atoms with Crippen LogP contribution in [0.25, 0.3) is 11.4 Å². The molecule has 11 heteroatoms. The number of carbonyl (C=O) groups excluding carboxylic acids is 3. The summed E-state index contributed by atoms with van der Waals surface area (Å²) < 4.78 is 13.7. The van der Waals surface area contributed by atoms with Crippen LogP contribution < -0.4 is 20.1 Å². The Morgan fingerprint density at radius 1 is 1.15 bits per heavy atom. The van der Waals surface area contributed by atoms with Gasteiger partial charge in [0.05, 0.1) is 26.3 Å². The van der Waals surface area contributed by atoms with Crippen LogP contribution in [0.15, 0.2) is 30.6 Å². The summed E-state index contributed by atoms with van der Waals surface area (Å²) in [5.74, 6) is 1.23. The fourth-order valence-electron chi connectivity index (χ4n) is 5.31. The van der Waals surface area contributed by atoms with E-state index >= 15 is 0 Å². The van der Waals surface area contributed by atoms with Crippen LogP contribution in [0.4, 0.5) is 0 Å². The molecule has 0 radical (unpaired) electrons. The number of ether oxygens (including phenoxy) is 2. The highest BCUT2D eigenvalue weighted by atomic mass is 16.5. The van der Waals surface area contributed by atoms with Crippen LogP contribution in [0.5, 0.6) is 11.5 Å². The smallest absolute Gasteiger partial charge is 0.242 e. The van der Waals surface area contributed by atoms with Crippen LogP contribution in [0.3, 0.4) is 0 Å². The van der Waals surface area contributed by atoms with Crippen molar-refractivity contribution >= 4 is 17.7 Å². The van der Waals surface area contributed by atoms with Crippen LogP contribution in [-0.4, -0.2) is 96.1 Å². The van der Waals surface area contributed by atoms with Crippen LogP contribution >= 0.6 is 0 Å². The van der Waals surface area contributed by atoms with E-state index in [-0.39, 0.29) is 36.2 Å². The number of benzene rings is 1. The topological polar surface area (TPSA) is 118 Å². The summed E-state index contributed by atoms with van der Waals surface area (Å²) in [5, 5.41) is 5.84. The Kier molecular flexibility index (Phi) is 10.0. The molecule has 2 aliphatic rings. The highest BCUT2D eigenvalue weighted by molar-refractivity contribution is 5.91. The number of aromatic nitrogens is 2. The summed E-state index contributed by atoms with van der Waals surface area (Å²) in [7, 11) is 3.54. The third-order valence-electron chi connectivity index (χ3n) is 7.56. The van der Waals surface area contributed by atoms with Crippen molar-refractivity contribution in [2.24, 2.45) is 5.92 Å². The number of hydrogen-bond acceptors (Lipinski definition) is 7. The molecule has 3 heterocycles. The van der Waals surface area contributed by atoms with E-state index in [0.29, 0.717) is 50.6 Å².